The van der Waals surface area contributed by atoms with Crippen LogP contribution in [0.3, 0.4) is 0 Å². The van der Waals surface area contributed by atoms with Gasteiger partial charge in [0.1, 0.15) is 5.52 Å². The topological polar surface area (TPSA) is 89.7 Å². The number of benzene rings is 3. The highest BCUT2D eigenvalue weighted by molar-refractivity contribution is 7.93. The largest absolute Gasteiger partial charge is 0.465 e. The number of hydrogen-bond donors (Lipinski definition) is 0. The van der Waals surface area contributed by atoms with Gasteiger partial charge in [0.15, 0.2) is 12.0 Å². The molecule has 0 saturated heterocycles. The summed E-state index contributed by atoms with van der Waals surface area (Å²) in [5.41, 5.74) is 3.86. The number of carbonyl (C=O) groups excluding carboxylic acids is 1. The molecule has 182 valence electrons. The maximum Gasteiger partial charge on any atom is 0.338 e. The summed E-state index contributed by atoms with van der Waals surface area (Å²) < 4.78 is 39.6. The van der Waals surface area contributed by atoms with E-state index >= 15 is 0 Å². The smallest absolute Gasteiger partial charge is 0.338 e. The van der Waals surface area contributed by atoms with Crippen LogP contribution < -0.4 is 4.31 Å². The molecule has 0 radical (unpaired) electrons. The van der Waals surface area contributed by atoms with Crippen molar-refractivity contribution in [3.8, 4) is 0 Å². The molecule has 0 saturated carbocycles. The number of hydrogen-bond acceptors (Lipinski definition) is 6. The zero-order chi connectivity index (χ0) is 25.4. The number of oxazole rings is 1. The van der Waals surface area contributed by atoms with Crippen molar-refractivity contribution >= 4 is 38.5 Å². The SMILES string of the molecule is CCc1ccc(S(=O)(=O)N(c2ccc(C(C)(C)C)cc2)c2ccc3ocnc3c2)cc1C(=O)OC. The van der Waals surface area contributed by atoms with Crippen LogP contribution in [0.2, 0.25) is 0 Å². The van der Waals surface area contributed by atoms with E-state index in [0.717, 1.165) is 5.56 Å². The van der Waals surface area contributed by atoms with Gasteiger partial charge in [-0.1, -0.05) is 45.9 Å². The minimum Gasteiger partial charge on any atom is -0.465 e. The predicted molar refractivity (Wildman–Crippen MR) is 136 cm³/mol. The van der Waals surface area contributed by atoms with Crippen molar-refractivity contribution in [1.82, 2.24) is 4.98 Å². The predicted octanol–water partition coefficient (Wildman–Crippen LogP) is 6.00. The lowest BCUT2D eigenvalue weighted by Crippen LogP contribution is -2.27. The van der Waals surface area contributed by atoms with Crippen molar-refractivity contribution in [2.24, 2.45) is 0 Å². The van der Waals surface area contributed by atoms with Crippen molar-refractivity contribution in [2.45, 2.75) is 44.4 Å². The summed E-state index contributed by atoms with van der Waals surface area (Å²) in [6.07, 6.45) is 1.88. The Morgan fingerprint density at radius 3 is 2.31 bits per heavy atom. The molecule has 0 fully saturated rings. The normalized spacial score (nSPS) is 12.0. The fourth-order valence-electron chi connectivity index (χ4n) is 3.93. The van der Waals surface area contributed by atoms with Gasteiger partial charge in [-0.2, -0.15) is 0 Å². The number of aromatic nitrogens is 1. The van der Waals surface area contributed by atoms with Gasteiger partial charge in [0.05, 0.1) is 28.9 Å². The lowest BCUT2D eigenvalue weighted by atomic mass is 9.87. The maximum absolute atomic E-state index is 14.1. The maximum atomic E-state index is 14.1. The van der Waals surface area contributed by atoms with E-state index in [-0.39, 0.29) is 15.9 Å². The quantitative estimate of drug-likeness (QED) is 0.307. The second-order valence-corrected chi connectivity index (χ2v) is 11.0. The van der Waals surface area contributed by atoms with E-state index in [4.69, 9.17) is 9.15 Å². The van der Waals surface area contributed by atoms with Crippen LogP contribution in [-0.4, -0.2) is 26.5 Å². The first kappa shape index (κ1) is 24.5. The number of fused-ring (bicyclic) bond motifs is 1. The molecule has 0 bridgehead atoms. The van der Waals surface area contributed by atoms with E-state index in [1.807, 2.05) is 19.1 Å². The minimum absolute atomic E-state index is 0.0183. The molecule has 0 aliphatic heterocycles. The lowest BCUT2D eigenvalue weighted by molar-refractivity contribution is 0.0599. The van der Waals surface area contributed by atoms with Crippen LogP contribution in [0.1, 0.15) is 49.2 Å². The molecule has 8 heteroatoms. The van der Waals surface area contributed by atoms with Gasteiger partial charge in [-0.15, -0.1) is 0 Å². The van der Waals surface area contributed by atoms with E-state index in [1.165, 1.54) is 29.9 Å². The Balaban J connectivity index is 1.91. The molecule has 3 aromatic carbocycles. The van der Waals surface area contributed by atoms with E-state index < -0.39 is 16.0 Å². The fraction of sp³-hybridized carbons (Fsp3) is 0.259. The molecule has 0 atom stereocenters. The first-order valence-electron chi connectivity index (χ1n) is 11.3. The first-order chi connectivity index (χ1) is 16.6. The van der Waals surface area contributed by atoms with Crippen LogP contribution in [0.4, 0.5) is 11.4 Å². The standard InChI is InChI=1S/C27H28N2O5S/c1-6-18-7-13-22(16-23(18)26(30)33-5)35(31,32)29(20-10-8-19(9-11-20)27(2,3)4)21-12-14-25-24(15-21)28-17-34-25/h7-17H,6H2,1-5H3. The highest BCUT2D eigenvalue weighted by Gasteiger charge is 2.29. The van der Waals surface area contributed by atoms with Gasteiger partial charge < -0.3 is 9.15 Å². The van der Waals surface area contributed by atoms with E-state index in [1.54, 1.807) is 36.4 Å². The number of esters is 1. The number of nitrogens with zero attached hydrogens (tertiary/aromatic N) is 2. The summed E-state index contributed by atoms with van der Waals surface area (Å²) in [6.45, 7) is 8.18. The van der Waals surface area contributed by atoms with Crippen molar-refractivity contribution < 1.29 is 22.4 Å². The lowest BCUT2D eigenvalue weighted by Gasteiger charge is -2.26. The number of anilines is 2. The molecule has 0 amide bonds. The number of aryl methyl sites for hydroxylation is 1. The van der Waals surface area contributed by atoms with Crippen LogP contribution >= 0.6 is 0 Å². The fourth-order valence-corrected chi connectivity index (χ4v) is 5.43. The van der Waals surface area contributed by atoms with Gasteiger partial charge in [-0.25, -0.2) is 22.5 Å². The first-order valence-corrected chi connectivity index (χ1v) is 12.7. The minimum atomic E-state index is -4.13. The molecule has 0 N–H and O–H groups in total. The summed E-state index contributed by atoms with van der Waals surface area (Å²) in [4.78, 5) is 16.5. The Morgan fingerprint density at radius 2 is 1.69 bits per heavy atom. The molecule has 0 unspecified atom stereocenters. The Hall–Kier alpha value is -3.65. The van der Waals surface area contributed by atoms with E-state index in [2.05, 4.69) is 25.8 Å². The van der Waals surface area contributed by atoms with E-state index in [9.17, 15) is 13.2 Å². The zero-order valence-corrected chi connectivity index (χ0v) is 21.2. The summed E-state index contributed by atoms with van der Waals surface area (Å²) in [7, 11) is -2.85. The van der Waals surface area contributed by atoms with Crippen molar-refractivity contribution in [2.75, 3.05) is 11.4 Å². The molecule has 4 aromatic rings. The Morgan fingerprint density at radius 1 is 1.00 bits per heavy atom. The molecule has 0 aliphatic rings. The monoisotopic (exact) mass is 492 g/mol. The molecule has 1 heterocycles. The van der Waals surface area contributed by atoms with Crippen molar-refractivity contribution in [1.29, 1.82) is 0 Å². The zero-order valence-electron chi connectivity index (χ0n) is 20.4. The number of carbonyl (C=O) groups is 1. The molecule has 0 aliphatic carbocycles. The summed E-state index contributed by atoms with van der Waals surface area (Å²) in [6, 6.07) is 17.0. The Kier molecular flexibility index (Phi) is 6.42. The van der Waals surface area contributed by atoms with Crippen LogP contribution in [0.25, 0.3) is 11.1 Å². The summed E-state index contributed by atoms with van der Waals surface area (Å²) in [5.74, 6) is -0.580. The van der Waals surface area contributed by atoms with Gasteiger partial charge in [-0.05, 0) is 65.4 Å². The third kappa shape index (κ3) is 4.66. The highest BCUT2D eigenvalue weighted by Crippen LogP contribution is 2.36. The molecule has 1 aromatic heterocycles. The number of rotatable bonds is 6. The Labute approximate surface area is 205 Å². The third-order valence-electron chi connectivity index (χ3n) is 5.92. The number of ether oxygens (including phenoxy) is 1. The second-order valence-electron chi connectivity index (χ2n) is 9.23. The average Bonchev–Trinajstić information content (AvgIpc) is 3.31. The van der Waals surface area contributed by atoms with Crippen LogP contribution in [0.5, 0.6) is 0 Å². The second kappa shape index (κ2) is 9.19. The Bertz CT molecular complexity index is 1480. The van der Waals surface area contributed by atoms with Gasteiger partial charge in [0.2, 0.25) is 0 Å². The molecular weight excluding hydrogens is 464 g/mol. The van der Waals surface area contributed by atoms with Gasteiger partial charge >= 0.3 is 5.97 Å². The van der Waals surface area contributed by atoms with Gasteiger partial charge in [-0.3, -0.25) is 0 Å². The highest BCUT2D eigenvalue weighted by atomic mass is 32.2. The van der Waals surface area contributed by atoms with Gasteiger partial charge in [0.25, 0.3) is 10.0 Å². The molecular formula is C27H28N2O5S. The van der Waals surface area contributed by atoms with Crippen LogP contribution in [0, 0.1) is 0 Å². The summed E-state index contributed by atoms with van der Waals surface area (Å²) >= 11 is 0. The van der Waals surface area contributed by atoms with Crippen molar-refractivity contribution in [3.63, 3.8) is 0 Å². The van der Waals surface area contributed by atoms with Crippen molar-refractivity contribution in [3.05, 3.63) is 83.7 Å². The molecule has 4 rings (SSSR count). The van der Waals surface area contributed by atoms with Crippen LogP contribution in [0.15, 0.2) is 76.4 Å². The molecule has 35 heavy (non-hydrogen) atoms. The molecule has 7 nitrogen and oxygen atoms in total. The van der Waals surface area contributed by atoms with E-state index in [0.29, 0.717) is 34.5 Å². The molecule has 0 spiro atoms. The third-order valence-corrected chi connectivity index (χ3v) is 7.67. The average molecular weight is 493 g/mol. The number of sulfonamides is 1. The number of methoxy groups -OCH3 is 1. The summed E-state index contributed by atoms with van der Waals surface area (Å²) in [5, 5.41) is 0. The van der Waals surface area contributed by atoms with Gasteiger partial charge in [0, 0.05) is 0 Å². The van der Waals surface area contributed by atoms with Crippen LogP contribution in [-0.2, 0) is 26.6 Å².